The van der Waals surface area contributed by atoms with Gasteiger partial charge in [0.25, 0.3) is 0 Å². The highest BCUT2D eigenvalue weighted by Gasteiger charge is 2.13. The number of halogens is 1. The zero-order chi connectivity index (χ0) is 16.9. The van der Waals surface area contributed by atoms with Gasteiger partial charge in [-0.25, -0.2) is 4.39 Å². The zero-order valence-electron chi connectivity index (χ0n) is 13.4. The molecule has 0 fully saturated rings. The van der Waals surface area contributed by atoms with Crippen LogP contribution in [0.25, 0.3) is 6.08 Å². The highest BCUT2D eigenvalue weighted by molar-refractivity contribution is 5.91. The Kier molecular flexibility index (Phi) is 4.79. The van der Waals surface area contributed by atoms with Gasteiger partial charge in [-0.05, 0) is 41.5 Å². The van der Waals surface area contributed by atoms with E-state index < -0.39 is 0 Å². The second kappa shape index (κ2) is 7.17. The van der Waals surface area contributed by atoms with Gasteiger partial charge in [-0.1, -0.05) is 18.2 Å². The molecular formula is C19H18FNO3. The minimum absolute atomic E-state index is 0.158. The molecule has 2 aromatic rings. The van der Waals surface area contributed by atoms with E-state index in [0.29, 0.717) is 31.1 Å². The maximum Gasteiger partial charge on any atom is 0.246 e. The van der Waals surface area contributed by atoms with Crippen LogP contribution in [0, 0.1) is 5.82 Å². The number of rotatable bonds is 4. The number of likely N-dealkylation sites (N-methyl/N-ethyl adjacent to an activating group) is 1. The minimum Gasteiger partial charge on any atom is -0.486 e. The standard InChI is InChI=1S/C19H18FNO3/c1-21(19(22)8-6-14-3-2-4-16(20)11-14)13-15-5-7-17-18(12-15)24-10-9-23-17/h2-8,11-12H,9-10,13H2,1H3/b8-6+. The average molecular weight is 327 g/mol. The van der Waals surface area contributed by atoms with Crippen LogP contribution in [0.2, 0.25) is 0 Å². The lowest BCUT2D eigenvalue weighted by Crippen LogP contribution is -2.24. The molecule has 124 valence electrons. The second-order valence-electron chi connectivity index (χ2n) is 5.56. The highest BCUT2D eigenvalue weighted by atomic mass is 19.1. The molecule has 4 nitrogen and oxygen atoms in total. The Morgan fingerprint density at radius 1 is 1.17 bits per heavy atom. The van der Waals surface area contributed by atoms with Gasteiger partial charge in [0, 0.05) is 19.7 Å². The summed E-state index contributed by atoms with van der Waals surface area (Å²) in [6.07, 6.45) is 3.04. The van der Waals surface area contributed by atoms with Crippen molar-refractivity contribution in [2.45, 2.75) is 6.54 Å². The molecule has 1 heterocycles. The number of carbonyl (C=O) groups excluding carboxylic acids is 1. The summed E-state index contributed by atoms with van der Waals surface area (Å²) < 4.78 is 24.1. The van der Waals surface area contributed by atoms with Crippen molar-refractivity contribution in [2.75, 3.05) is 20.3 Å². The molecule has 3 rings (SSSR count). The Labute approximate surface area is 140 Å². The molecule has 0 atom stereocenters. The summed E-state index contributed by atoms with van der Waals surface area (Å²) in [6.45, 7) is 1.53. The van der Waals surface area contributed by atoms with Gasteiger partial charge in [0.15, 0.2) is 11.5 Å². The molecule has 0 unspecified atom stereocenters. The Morgan fingerprint density at radius 2 is 1.96 bits per heavy atom. The third-order valence-corrected chi connectivity index (χ3v) is 3.67. The predicted octanol–water partition coefficient (Wildman–Crippen LogP) is 3.27. The summed E-state index contributed by atoms with van der Waals surface area (Å²) in [5, 5.41) is 0. The van der Waals surface area contributed by atoms with Gasteiger partial charge < -0.3 is 14.4 Å². The molecule has 5 heteroatoms. The predicted molar refractivity (Wildman–Crippen MR) is 89.3 cm³/mol. The Hall–Kier alpha value is -2.82. The number of hydrogen-bond acceptors (Lipinski definition) is 3. The normalized spacial score (nSPS) is 13.1. The lowest BCUT2D eigenvalue weighted by molar-refractivity contribution is -0.125. The van der Waals surface area contributed by atoms with E-state index in [0.717, 1.165) is 11.3 Å². The summed E-state index contributed by atoms with van der Waals surface area (Å²) in [6, 6.07) is 11.7. The topological polar surface area (TPSA) is 38.8 Å². The largest absolute Gasteiger partial charge is 0.486 e. The Bertz CT molecular complexity index is 773. The van der Waals surface area contributed by atoms with Crippen LogP contribution in [0.1, 0.15) is 11.1 Å². The highest BCUT2D eigenvalue weighted by Crippen LogP contribution is 2.31. The molecule has 0 bridgehead atoms. The smallest absolute Gasteiger partial charge is 0.246 e. The zero-order valence-corrected chi connectivity index (χ0v) is 13.4. The molecule has 0 aromatic heterocycles. The van der Waals surface area contributed by atoms with E-state index in [9.17, 15) is 9.18 Å². The fourth-order valence-corrected chi connectivity index (χ4v) is 2.44. The maximum atomic E-state index is 13.1. The van der Waals surface area contributed by atoms with E-state index in [1.807, 2.05) is 18.2 Å². The van der Waals surface area contributed by atoms with Crippen LogP contribution in [0.4, 0.5) is 4.39 Å². The molecule has 0 N–H and O–H groups in total. The van der Waals surface area contributed by atoms with Gasteiger partial charge in [-0.15, -0.1) is 0 Å². The lowest BCUT2D eigenvalue weighted by Gasteiger charge is -2.20. The van der Waals surface area contributed by atoms with Crippen LogP contribution in [0.5, 0.6) is 11.5 Å². The van der Waals surface area contributed by atoms with Gasteiger partial charge in [0.1, 0.15) is 19.0 Å². The van der Waals surface area contributed by atoms with Crippen molar-refractivity contribution in [1.29, 1.82) is 0 Å². The minimum atomic E-state index is -0.325. The van der Waals surface area contributed by atoms with Crippen molar-refractivity contribution in [1.82, 2.24) is 4.90 Å². The van der Waals surface area contributed by atoms with E-state index in [4.69, 9.17) is 9.47 Å². The Morgan fingerprint density at radius 3 is 2.75 bits per heavy atom. The second-order valence-corrected chi connectivity index (χ2v) is 5.56. The van der Waals surface area contributed by atoms with Crippen molar-refractivity contribution >= 4 is 12.0 Å². The van der Waals surface area contributed by atoms with E-state index >= 15 is 0 Å². The van der Waals surface area contributed by atoms with Crippen molar-refractivity contribution in [3.05, 3.63) is 65.5 Å². The van der Waals surface area contributed by atoms with Crippen molar-refractivity contribution in [3.63, 3.8) is 0 Å². The molecule has 0 aliphatic carbocycles. The third kappa shape index (κ3) is 3.93. The lowest BCUT2D eigenvalue weighted by atomic mass is 10.1. The van der Waals surface area contributed by atoms with Crippen molar-refractivity contribution in [2.24, 2.45) is 0 Å². The van der Waals surface area contributed by atoms with Crippen molar-refractivity contribution < 1.29 is 18.7 Å². The number of carbonyl (C=O) groups is 1. The summed E-state index contributed by atoms with van der Waals surface area (Å²) >= 11 is 0. The van der Waals surface area contributed by atoms with Crippen LogP contribution in [-0.2, 0) is 11.3 Å². The number of benzene rings is 2. The molecule has 0 spiro atoms. The van der Waals surface area contributed by atoms with E-state index in [2.05, 4.69) is 0 Å². The summed E-state index contributed by atoms with van der Waals surface area (Å²) in [4.78, 5) is 13.8. The molecule has 0 saturated carbocycles. The SMILES string of the molecule is CN(Cc1ccc2c(c1)OCCO2)C(=O)/C=C/c1cccc(F)c1. The quantitative estimate of drug-likeness (QED) is 0.809. The van der Waals surface area contributed by atoms with Gasteiger partial charge in [0.2, 0.25) is 5.91 Å². The van der Waals surface area contributed by atoms with Gasteiger partial charge in [-0.3, -0.25) is 4.79 Å². The summed E-state index contributed by atoms with van der Waals surface area (Å²) in [7, 11) is 1.72. The maximum absolute atomic E-state index is 13.1. The first-order chi connectivity index (χ1) is 11.6. The number of amides is 1. The van der Waals surface area contributed by atoms with Crippen LogP contribution in [0.3, 0.4) is 0 Å². The number of hydrogen-bond donors (Lipinski definition) is 0. The number of fused-ring (bicyclic) bond motifs is 1. The fourth-order valence-electron chi connectivity index (χ4n) is 2.44. The first-order valence-corrected chi connectivity index (χ1v) is 7.69. The molecule has 24 heavy (non-hydrogen) atoms. The average Bonchev–Trinajstić information content (AvgIpc) is 2.59. The molecule has 1 aliphatic rings. The van der Waals surface area contributed by atoms with E-state index in [-0.39, 0.29) is 11.7 Å². The molecular weight excluding hydrogens is 309 g/mol. The summed E-state index contributed by atoms with van der Waals surface area (Å²) in [5.74, 6) is 0.947. The Balaban J connectivity index is 1.63. The van der Waals surface area contributed by atoms with E-state index in [1.54, 1.807) is 30.2 Å². The molecule has 1 aliphatic heterocycles. The molecule has 2 aromatic carbocycles. The third-order valence-electron chi connectivity index (χ3n) is 3.67. The van der Waals surface area contributed by atoms with Gasteiger partial charge in [0.05, 0.1) is 0 Å². The fraction of sp³-hybridized carbons (Fsp3) is 0.211. The van der Waals surface area contributed by atoms with Gasteiger partial charge >= 0.3 is 0 Å². The summed E-state index contributed by atoms with van der Waals surface area (Å²) in [5.41, 5.74) is 1.60. The molecule has 0 saturated heterocycles. The molecule has 1 amide bonds. The van der Waals surface area contributed by atoms with Crippen LogP contribution in [0.15, 0.2) is 48.5 Å². The van der Waals surface area contributed by atoms with Crippen LogP contribution >= 0.6 is 0 Å². The van der Waals surface area contributed by atoms with Crippen LogP contribution < -0.4 is 9.47 Å². The van der Waals surface area contributed by atoms with E-state index in [1.165, 1.54) is 18.2 Å². The first kappa shape index (κ1) is 16.1. The monoisotopic (exact) mass is 327 g/mol. The first-order valence-electron chi connectivity index (χ1n) is 7.69. The van der Waals surface area contributed by atoms with Crippen LogP contribution in [-0.4, -0.2) is 31.1 Å². The molecule has 0 radical (unpaired) electrons. The van der Waals surface area contributed by atoms with Gasteiger partial charge in [-0.2, -0.15) is 0 Å². The number of nitrogens with zero attached hydrogens (tertiary/aromatic N) is 1. The number of ether oxygens (including phenoxy) is 2. The van der Waals surface area contributed by atoms with Crippen molar-refractivity contribution in [3.8, 4) is 11.5 Å².